The highest BCUT2D eigenvalue weighted by atomic mass is 32.1. The molecule has 1 aromatic carbocycles. The fraction of sp³-hybridized carbons (Fsp3) is 0.462. The summed E-state index contributed by atoms with van der Waals surface area (Å²) >= 11 is 4.27. The zero-order chi connectivity index (χ0) is 12.3. The maximum atomic E-state index is 11.9. The second-order valence-corrected chi connectivity index (χ2v) is 4.83. The van der Waals surface area contributed by atoms with Gasteiger partial charge < -0.3 is 10.1 Å². The van der Waals surface area contributed by atoms with Gasteiger partial charge in [-0.25, -0.2) is 0 Å². The van der Waals surface area contributed by atoms with Crippen LogP contribution in [-0.2, 0) is 4.74 Å². The lowest BCUT2D eigenvalue weighted by molar-refractivity contribution is 0.0905. The molecule has 0 spiro atoms. The fourth-order valence-electron chi connectivity index (χ4n) is 2.03. The van der Waals surface area contributed by atoms with Gasteiger partial charge in [0.25, 0.3) is 5.91 Å². The normalized spacial score (nSPS) is 23.6. The van der Waals surface area contributed by atoms with Crippen molar-refractivity contribution in [2.24, 2.45) is 5.92 Å². The van der Waals surface area contributed by atoms with E-state index in [1.165, 1.54) is 0 Å². The molecule has 1 aromatic rings. The SMILES string of the molecule is CC1OCCC1CNC(=O)c1ccccc1S. The van der Waals surface area contributed by atoms with Crippen molar-refractivity contribution in [3.05, 3.63) is 29.8 Å². The van der Waals surface area contributed by atoms with Crippen molar-refractivity contribution < 1.29 is 9.53 Å². The van der Waals surface area contributed by atoms with Crippen LogP contribution in [-0.4, -0.2) is 25.2 Å². The average molecular weight is 251 g/mol. The molecule has 0 bridgehead atoms. The van der Waals surface area contributed by atoms with E-state index in [-0.39, 0.29) is 12.0 Å². The topological polar surface area (TPSA) is 38.3 Å². The van der Waals surface area contributed by atoms with Gasteiger partial charge in [0.15, 0.2) is 0 Å². The lowest BCUT2D eigenvalue weighted by Gasteiger charge is -2.15. The predicted octanol–water partition coefficient (Wildman–Crippen LogP) is 2.13. The van der Waals surface area contributed by atoms with E-state index in [1.807, 2.05) is 18.2 Å². The van der Waals surface area contributed by atoms with Gasteiger partial charge in [0.05, 0.1) is 11.7 Å². The smallest absolute Gasteiger partial charge is 0.252 e. The molecule has 2 rings (SSSR count). The van der Waals surface area contributed by atoms with Crippen molar-refractivity contribution in [2.45, 2.75) is 24.3 Å². The van der Waals surface area contributed by atoms with E-state index >= 15 is 0 Å². The molecule has 1 heterocycles. The van der Waals surface area contributed by atoms with Crippen LogP contribution < -0.4 is 5.32 Å². The second-order valence-electron chi connectivity index (χ2n) is 4.35. The lowest BCUT2D eigenvalue weighted by atomic mass is 10.0. The van der Waals surface area contributed by atoms with E-state index in [1.54, 1.807) is 6.07 Å². The minimum absolute atomic E-state index is 0.0605. The molecular weight excluding hydrogens is 234 g/mol. The summed E-state index contributed by atoms with van der Waals surface area (Å²) < 4.78 is 5.46. The zero-order valence-corrected chi connectivity index (χ0v) is 10.7. The summed E-state index contributed by atoms with van der Waals surface area (Å²) in [6.07, 6.45) is 1.26. The van der Waals surface area contributed by atoms with E-state index in [9.17, 15) is 4.79 Å². The van der Waals surface area contributed by atoms with E-state index in [2.05, 4.69) is 24.9 Å². The molecule has 2 atom stereocenters. The van der Waals surface area contributed by atoms with Crippen molar-refractivity contribution in [3.8, 4) is 0 Å². The number of hydrogen-bond donors (Lipinski definition) is 2. The number of ether oxygens (including phenoxy) is 1. The van der Waals surface area contributed by atoms with Gasteiger partial charge in [-0.2, -0.15) is 0 Å². The third-order valence-corrected chi connectivity index (χ3v) is 3.60. The van der Waals surface area contributed by atoms with Crippen LogP contribution in [0.2, 0.25) is 0 Å². The van der Waals surface area contributed by atoms with E-state index in [0.29, 0.717) is 22.9 Å². The van der Waals surface area contributed by atoms with Gasteiger partial charge in [-0.3, -0.25) is 4.79 Å². The first-order valence-electron chi connectivity index (χ1n) is 5.86. The number of amides is 1. The number of rotatable bonds is 3. The minimum Gasteiger partial charge on any atom is -0.378 e. The molecule has 1 saturated heterocycles. The Morgan fingerprint density at radius 3 is 2.94 bits per heavy atom. The predicted molar refractivity (Wildman–Crippen MR) is 69.5 cm³/mol. The van der Waals surface area contributed by atoms with Crippen molar-refractivity contribution in [1.29, 1.82) is 0 Å². The molecule has 0 aromatic heterocycles. The standard InChI is InChI=1S/C13H17NO2S/c1-9-10(6-7-16-9)8-14-13(15)11-4-2-3-5-12(11)17/h2-5,9-10,17H,6-8H2,1H3,(H,14,15). The van der Waals surface area contributed by atoms with Crippen LogP contribution in [0.15, 0.2) is 29.2 Å². The molecule has 0 aliphatic carbocycles. The Hall–Kier alpha value is -1.00. The summed E-state index contributed by atoms with van der Waals surface area (Å²) in [7, 11) is 0. The number of carbonyl (C=O) groups excluding carboxylic acids is 1. The Morgan fingerprint density at radius 2 is 2.29 bits per heavy atom. The quantitative estimate of drug-likeness (QED) is 0.808. The van der Waals surface area contributed by atoms with Gasteiger partial charge >= 0.3 is 0 Å². The molecule has 2 unspecified atom stereocenters. The van der Waals surface area contributed by atoms with Gasteiger partial charge in [0.1, 0.15) is 0 Å². The van der Waals surface area contributed by atoms with E-state index < -0.39 is 0 Å². The Labute approximate surface area is 107 Å². The average Bonchev–Trinajstić information content (AvgIpc) is 2.72. The van der Waals surface area contributed by atoms with Crippen LogP contribution in [0.5, 0.6) is 0 Å². The molecule has 17 heavy (non-hydrogen) atoms. The molecule has 0 saturated carbocycles. The van der Waals surface area contributed by atoms with Crippen LogP contribution in [0.25, 0.3) is 0 Å². The number of thiol groups is 1. The van der Waals surface area contributed by atoms with Crippen molar-refractivity contribution >= 4 is 18.5 Å². The first-order chi connectivity index (χ1) is 8.18. The maximum Gasteiger partial charge on any atom is 0.252 e. The Morgan fingerprint density at radius 1 is 1.53 bits per heavy atom. The number of carbonyl (C=O) groups is 1. The molecule has 92 valence electrons. The summed E-state index contributed by atoms with van der Waals surface area (Å²) in [6, 6.07) is 7.31. The third-order valence-electron chi connectivity index (χ3n) is 3.21. The number of hydrogen-bond acceptors (Lipinski definition) is 3. The molecule has 4 heteroatoms. The maximum absolute atomic E-state index is 11.9. The summed E-state index contributed by atoms with van der Waals surface area (Å²) in [5, 5.41) is 2.94. The minimum atomic E-state index is -0.0605. The van der Waals surface area contributed by atoms with Crippen molar-refractivity contribution in [2.75, 3.05) is 13.2 Å². The zero-order valence-electron chi connectivity index (χ0n) is 9.85. The van der Waals surface area contributed by atoms with Crippen molar-refractivity contribution in [3.63, 3.8) is 0 Å². The molecule has 3 nitrogen and oxygen atoms in total. The monoisotopic (exact) mass is 251 g/mol. The molecular formula is C13H17NO2S. The highest BCUT2D eigenvalue weighted by molar-refractivity contribution is 7.80. The molecule has 0 radical (unpaired) electrons. The first kappa shape index (κ1) is 12.5. The Bertz CT molecular complexity index is 408. The number of nitrogens with one attached hydrogen (secondary N) is 1. The summed E-state index contributed by atoms with van der Waals surface area (Å²) in [5.41, 5.74) is 0.627. The van der Waals surface area contributed by atoms with Crippen LogP contribution in [0, 0.1) is 5.92 Å². The van der Waals surface area contributed by atoms with Gasteiger partial charge in [0.2, 0.25) is 0 Å². The third kappa shape index (κ3) is 3.01. The molecule has 1 N–H and O–H groups in total. The summed E-state index contributed by atoms with van der Waals surface area (Å²) in [6.45, 7) is 3.52. The molecule has 1 aliphatic rings. The molecule has 1 fully saturated rings. The van der Waals surface area contributed by atoms with Gasteiger partial charge in [-0.05, 0) is 25.5 Å². The molecule has 1 amide bonds. The lowest BCUT2D eigenvalue weighted by Crippen LogP contribution is -2.32. The van der Waals surface area contributed by atoms with Crippen LogP contribution >= 0.6 is 12.6 Å². The fourth-order valence-corrected chi connectivity index (χ4v) is 2.29. The van der Waals surface area contributed by atoms with Gasteiger partial charge in [0, 0.05) is 24.0 Å². The largest absolute Gasteiger partial charge is 0.378 e. The number of benzene rings is 1. The molecule has 1 aliphatic heterocycles. The van der Waals surface area contributed by atoms with Crippen molar-refractivity contribution in [1.82, 2.24) is 5.32 Å². The summed E-state index contributed by atoms with van der Waals surface area (Å²) in [5.74, 6) is 0.362. The highest BCUT2D eigenvalue weighted by Gasteiger charge is 2.24. The Balaban J connectivity index is 1.91. The Kier molecular flexibility index (Phi) is 4.07. The van der Waals surface area contributed by atoms with Crippen LogP contribution in [0.3, 0.4) is 0 Å². The van der Waals surface area contributed by atoms with Crippen LogP contribution in [0.4, 0.5) is 0 Å². The highest BCUT2D eigenvalue weighted by Crippen LogP contribution is 2.19. The first-order valence-corrected chi connectivity index (χ1v) is 6.31. The van der Waals surface area contributed by atoms with Crippen LogP contribution in [0.1, 0.15) is 23.7 Å². The van der Waals surface area contributed by atoms with E-state index in [4.69, 9.17) is 4.74 Å². The van der Waals surface area contributed by atoms with Gasteiger partial charge in [-0.1, -0.05) is 12.1 Å². The second kappa shape index (κ2) is 5.56. The summed E-state index contributed by atoms with van der Waals surface area (Å²) in [4.78, 5) is 12.6. The van der Waals surface area contributed by atoms with Gasteiger partial charge in [-0.15, -0.1) is 12.6 Å². The van der Waals surface area contributed by atoms with E-state index in [0.717, 1.165) is 13.0 Å².